The first-order valence-electron chi connectivity index (χ1n) is 6.04. The summed E-state index contributed by atoms with van der Waals surface area (Å²) < 4.78 is 26.6. The van der Waals surface area contributed by atoms with E-state index in [2.05, 4.69) is 9.97 Å². The molecule has 2 aromatic carbocycles. The molecular formula is C15H8Cl2F2N2. The van der Waals surface area contributed by atoms with Crippen LogP contribution in [-0.2, 0) is 0 Å². The highest BCUT2D eigenvalue weighted by atomic mass is 35.5. The van der Waals surface area contributed by atoms with Gasteiger partial charge < -0.3 is 0 Å². The number of aromatic nitrogens is 2. The fraction of sp³-hybridized carbons (Fsp3) is 0.0667. The Kier molecular flexibility index (Phi) is 3.51. The third-order valence-electron chi connectivity index (χ3n) is 3.13. The second kappa shape index (κ2) is 5.20. The fourth-order valence-corrected chi connectivity index (χ4v) is 2.47. The molecule has 3 rings (SSSR count). The molecule has 0 bridgehead atoms. The molecule has 0 amide bonds. The van der Waals surface area contributed by atoms with Crippen molar-refractivity contribution in [1.29, 1.82) is 0 Å². The van der Waals surface area contributed by atoms with Crippen LogP contribution >= 0.6 is 23.2 Å². The molecule has 0 aliphatic heterocycles. The molecule has 0 saturated carbocycles. The summed E-state index contributed by atoms with van der Waals surface area (Å²) in [4.78, 5) is 8.44. The number of hydrogen-bond acceptors (Lipinski definition) is 2. The van der Waals surface area contributed by atoms with Gasteiger partial charge in [0.15, 0.2) is 5.82 Å². The minimum Gasteiger partial charge on any atom is -0.228 e. The second-order valence-corrected chi connectivity index (χ2v) is 5.33. The number of rotatable bonds is 1. The van der Waals surface area contributed by atoms with Gasteiger partial charge in [-0.2, -0.15) is 0 Å². The van der Waals surface area contributed by atoms with Crippen molar-refractivity contribution < 1.29 is 8.78 Å². The SMILES string of the molecule is Cc1c(Cl)ccc2c(Cl)nc(-c3cc(F)cc(F)c3)nc12. The average molecular weight is 325 g/mol. The summed E-state index contributed by atoms with van der Waals surface area (Å²) in [5, 5.41) is 1.38. The summed E-state index contributed by atoms with van der Waals surface area (Å²) in [6.45, 7) is 1.80. The van der Waals surface area contributed by atoms with Gasteiger partial charge >= 0.3 is 0 Å². The van der Waals surface area contributed by atoms with Gasteiger partial charge in [-0.1, -0.05) is 23.2 Å². The Balaban J connectivity index is 2.31. The lowest BCUT2D eigenvalue weighted by atomic mass is 10.1. The van der Waals surface area contributed by atoms with Crippen LogP contribution in [0.5, 0.6) is 0 Å². The first-order valence-corrected chi connectivity index (χ1v) is 6.80. The predicted molar refractivity (Wildman–Crippen MR) is 79.6 cm³/mol. The molecule has 0 fully saturated rings. The van der Waals surface area contributed by atoms with E-state index < -0.39 is 11.6 Å². The molecule has 0 N–H and O–H groups in total. The van der Waals surface area contributed by atoms with Crippen LogP contribution in [0.1, 0.15) is 5.56 Å². The van der Waals surface area contributed by atoms with Crippen LogP contribution in [0.25, 0.3) is 22.3 Å². The monoisotopic (exact) mass is 324 g/mol. The van der Waals surface area contributed by atoms with Crippen molar-refractivity contribution >= 4 is 34.1 Å². The maximum absolute atomic E-state index is 13.3. The van der Waals surface area contributed by atoms with Crippen LogP contribution in [0, 0.1) is 18.6 Å². The van der Waals surface area contributed by atoms with E-state index in [1.54, 1.807) is 19.1 Å². The number of hydrogen-bond donors (Lipinski definition) is 0. The molecule has 106 valence electrons. The Bertz CT molecular complexity index is 846. The van der Waals surface area contributed by atoms with Crippen molar-refractivity contribution in [3.63, 3.8) is 0 Å². The van der Waals surface area contributed by atoms with E-state index >= 15 is 0 Å². The largest absolute Gasteiger partial charge is 0.228 e. The molecule has 1 aromatic heterocycles. The van der Waals surface area contributed by atoms with Gasteiger partial charge in [-0.3, -0.25) is 0 Å². The maximum Gasteiger partial charge on any atom is 0.161 e. The van der Waals surface area contributed by atoms with Crippen molar-refractivity contribution in [2.24, 2.45) is 0 Å². The molecular weight excluding hydrogens is 317 g/mol. The highest BCUT2D eigenvalue weighted by Crippen LogP contribution is 2.30. The predicted octanol–water partition coefficient (Wildman–Crippen LogP) is 5.19. The molecule has 0 unspecified atom stereocenters. The molecule has 0 spiro atoms. The van der Waals surface area contributed by atoms with Gasteiger partial charge in [-0.25, -0.2) is 18.7 Å². The van der Waals surface area contributed by atoms with Crippen LogP contribution in [-0.4, -0.2) is 9.97 Å². The Morgan fingerprint density at radius 1 is 0.952 bits per heavy atom. The van der Waals surface area contributed by atoms with Crippen LogP contribution < -0.4 is 0 Å². The van der Waals surface area contributed by atoms with E-state index in [4.69, 9.17) is 23.2 Å². The van der Waals surface area contributed by atoms with Gasteiger partial charge in [-0.05, 0) is 36.8 Å². The van der Waals surface area contributed by atoms with E-state index in [1.807, 2.05) is 0 Å². The van der Waals surface area contributed by atoms with Gasteiger partial charge in [0.05, 0.1) is 5.52 Å². The lowest BCUT2D eigenvalue weighted by Gasteiger charge is -2.08. The third-order valence-corrected chi connectivity index (χ3v) is 3.83. The summed E-state index contributed by atoms with van der Waals surface area (Å²) in [5.41, 5.74) is 1.51. The summed E-state index contributed by atoms with van der Waals surface area (Å²) in [7, 11) is 0. The average Bonchev–Trinajstić information content (AvgIpc) is 2.42. The molecule has 0 radical (unpaired) electrons. The molecule has 0 aliphatic carbocycles. The lowest BCUT2D eigenvalue weighted by molar-refractivity contribution is 0.584. The lowest BCUT2D eigenvalue weighted by Crippen LogP contribution is -1.95. The first-order chi connectivity index (χ1) is 9.95. The topological polar surface area (TPSA) is 25.8 Å². The molecule has 6 heteroatoms. The van der Waals surface area contributed by atoms with E-state index in [1.165, 1.54) is 0 Å². The van der Waals surface area contributed by atoms with E-state index in [0.29, 0.717) is 15.9 Å². The van der Waals surface area contributed by atoms with Crippen LogP contribution in [0.3, 0.4) is 0 Å². The van der Waals surface area contributed by atoms with Crippen molar-refractivity contribution in [2.75, 3.05) is 0 Å². The standard InChI is InChI=1S/C15H8Cl2F2N2/c1-7-12(16)3-2-11-13(7)20-15(21-14(11)17)8-4-9(18)6-10(19)5-8/h2-6H,1H3. The zero-order valence-electron chi connectivity index (χ0n) is 10.8. The minimum absolute atomic E-state index is 0.149. The number of nitrogens with zero attached hydrogens (tertiary/aromatic N) is 2. The second-order valence-electron chi connectivity index (χ2n) is 4.56. The number of halogens is 4. The molecule has 2 nitrogen and oxygen atoms in total. The number of aryl methyl sites for hydroxylation is 1. The molecule has 1 heterocycles. The summed E-state index contributed by atoms with van der Waals surface area (Å²) in [6, 6.07) is 6.51. The highest BCUT2D eigenvalue weighted by Gasteiger charge is 2.13. The van der Waals surface area contributed by atoms with Gasteiger partial charge in [0.25, 0.3) is 0 Å². The molecule has 0 saturated heterocycles. The van der Waals surface area contributed by atoms with Gasteiger partial charge in [0.2, 0.25) is 0 Å². The molecule has 0 aliphatic rings. The molecule has 3 aromatic rings. The molecule has 21 heavy (non-hydrogen) atoms. The quantitative estimate of drug-likeness (QED) is 0.575. The Morgan fingerprint density at radius 2 is 1.62 bits per heavy atom. The van der Waals surface area contributed by atoms with Gasteiger partial charge in [0, 0.05) is 22.0 Å². The smallest absolute Gasteiger partial charge is 0.161 e. The number of benzene rings is 2. The van der Waals surface area contributed by atoms with Crippen molar-refractivity contribution in [3.05, 3.63) is 57.7 Å². The Morgan fingerprint density at radius 3 is 2.29 bits per heavy atom. The van der Waals surface area contributed by atoms with Crippen molar-refractivity contribution in [3.8, 4) is 11.4 Å². The van der Waals surface area contributed by atoms with E-state index in [-0.39, 0.29) is 16.5 Å². The summed E-state index contributed by atoms with van der Waals surface area (Å²) in [5.74, 6) is -1.25. The zero-order valence-corrected chi connectivity index (χ0v) is 12.3. The summed E-state index contributed by atoms with van der Waals surface area (Å²) >= 11 is 12.2. The first kappa shape index (κ1) is 14.2. The normalized spacial score (nSPS) is 11.1. The van der Waals surface area contributed by atoms with Crippen LogP contribution in [0.2, 0.25) is 10.2 Å². The highest BCUT2D eigenvalue weighted by molar-refractivity contribution is 6.35. The Labute approximate surface area is 129 Å². The Hall–Kier alpha value is -1.78. The molecule has 0 atom stereocenters. The van der Waals surface area contributed by atoms with E-state index in [9.17, 15) is 8.78 Å². The van der Waals surface area contributed by atoms with Crippen LogP contribution in [0.15, 0.2) is 30.3 Å². The zero-order chi connectivity index (χ0) is 15.1. The van der Waals surface area contributed by atoms with Crippen molar-refractivity contribution in [2.45, 2.75) is 6.92 Å². The minimum atomic E-state index is -0.701. The van der Waals surface area contributed by atoms with E-state index in [0.717, 1.165) is 23.8 Å². The van der Waals surface area contributed by atoms with Crippen molar-refractivity contribution in [1.82, 2.24) is 9.97 Å². The van der Waals surface area contributed by atoms with Gasteiger partial charge in [-0.15, -0.1) is 0 Å². The van der Waals surface area contributed by atoms with Gasteiger partial charge in [0.1, 0.15) is 16.8 Å². The maximum atomic E-state index is 13.3. The third kappa shape index (κ3) is 2.57. The number of fused-ring (bicyclic) bond motifs is 1. The van der Waals surface area contributed by atoms with Crippen LogP contribution in [0.4, 0.5) is 8.78 Å². The fourth-order valence-electron chi connectivity index (χ4n) is 2.08. The summed E-state index contributed by atoms with van der Waals surface area (Å²) in [6.07, 6.45) is 0.